The summed E-state index contributed by atoms with van der Waals surface area (Å²) in [6, 6.07) is 0. The van der Waals surface area contributed by atoms with E-state index in [0.29, 0.717) is 22.8 Å². The molecule has 0 aromatic heterocycles. The summed E-state index contributed by atoms with van der Waals surface area (Å²) in [4.78, 5) is 11.6. The molecule has 16 heavy (non-hydrogen) atoms. The lowest BCUT2D eigenvalue weighted by Crippen LogP contribution is -2.35. The average Bonchev–Trinajstić information content (AvgIpc) is 2.69. The van der Waals surface area contributed by atoms with E-state index in [1.807, 2.05) is 0 Å². The molecule has 3 fully saturated rings. The van der Waals surface area contributed by atoms with E-state index in [0.717, 1.165) is 5.92 Å². The fourth-order valence-electron chi connectivity index (χ4n) is 4.58. The molecule has 88 valence electrons. The molecule has 0 radical (unpaired) electrons. The smallest absolute Gasteiger partial charge is 0.333 e. The Kier molecular flexibility index (Phi) is 2.02. The van der Waals surface area contributed by atoms with Crippen molar-refractivity contribution in [2.45, 2.75) is 45.6 Å². The molecule has 3 aliphatic carbocycles. The molecule has 0 spiro atoms. The van der Waals surface area contributed by atoms with Crippen LogP contribution in [-0.2, 0) is 9.53 Å². The highest BCUT2D eigenvalue weighted by molar-refractivity contribution is 5.87. The molecule has 0 saturated heterocycles. The summed E-state index contributed by atoms with van der Waals surface area (Å²) in [5.74, 6) is 1.97. The Labute approximate surface area is 97.1 Å². The van der Waals surface area contributed by atoms with Gasteiger partial charge in [-0.3, -0.25) is 0 Å². The maximum Gasteiger partial charge on any atom is 0.333 e. The molecule has 2 bridgehead atoms. The van der Waals surface area contributed by atoms with Crippen LogP contribution < -0.4 is 0 Å². The van der Waals surface area contributed by atoms with Crippen LogP contribution in [0.25, 0.3) is 0 Å². The molecule has 5 atom stereocenters. The zero-order chi connectivity index (χ0) is 11.5. The number of carbonyl (C=O) groups is 1. The van der Waals surface area contributed by atoms with E-state index in [1.54, 1.807) is 6.92 Å². The fourth-order valence-corrected chi connectivity index (χ4v) is 4.58. The summed E-state index contributed by atoms with van der Waals surface area (Å²) in [5, 5.41) is 0. The largest absolute Gasteiger partial charge is 0.458 e. The lowest BCUT2D eigenvalue weighted by atomic mass is 9.75. The zero-order valence-electron chi connectivity index (χ0n) is 10.2. The molecular weight excluding hydrogens is 200 g/mol. The molecule has 0 aromatic rings. The van der Waals surface area contributed by atoms with Gasteiger partial charge in [-0.2, -0.15) is 0 Å². The number of ether oxygens (including phenoxy) is 1. The minimum absolute atomic E-state index is 0.188. The van der Waals surface area contributed by atoms with Crippen molar-refractivity contribution in [1.82, 2.24) is 0 Å². The minimum Gasteiger partial charge on any atom is -0.458 e. The number of hydrogen-bond donors (Lipinski definition) is 0. The molecule has 3 rings (SSSR count). The van der Waals surface area contributed by atoms with Crippen molar-refractivity contribution >= 4 is 5.97 Å². The Morgan fingerprint density at radius 3 is 2.88 bits per heavy atom. The van der Waals surface area contributed by atoms with Crippen molar-refractivity contribution < 1.29 is 9.53 Å². The second kappa shape index (κ2) is 3.12. The van der Waals surface area contributed by atoms with E-state index in [-0.39, 0.29) is 12.1 Å². The highest BCUT2D eigenvalue weighted by atomic mass is 16.5. The second-order valence-electron chi connectivity index (χ2n) is 6.24. The van der Waals surface area contributed by atoms with Crippen LogP contribution >= 0.6 is 0 Å². The van der Waals surface area contributed by atoms with Gasteiger partial charge in [0.25, 0.3) is 0 Å². The SMILES string of the molecule is C=C(C)C(=O)OC1C2CC3CCC1C3(C)C2. The van der Waals surface area contributed by atoms with Crippen molar-refractivity contribution in [3.8, 4) is 0 Å². The topological polar surface area (TPSA) is 26.3 Å². The van der Waals surface area contributed by atoms with Crippen molar-refractivity contribution in [2.75, 3.05) is 0 Å². The third-order valence-electron chi connectivity index (χ3n) is 5.35. The van der Waals surface area contributed by atoms with E-state index in [1.165, 1.54) is 25.7 Å². The average molecular weight is 220 g/mol. The lowest BCUT2D eigenvalue weighted by Gasteiger charge is -2.34. The van der Waals surface area contributed by atoms with Crippen LogP contribution in [0.15, 0.2) is 12.2 Å². The van der Waals surface area contributed by atoms with Gasteiger partial charge in [0, 0.05) is 11.5 Å². The first-order valence-electron chi connectivity index (χ1n) is 6.39. The molecule has 3 saturated carbocycles. The summed E-state index contributed by atoms with van der Waals surface area (Å²) in [6.07, 6.45) is 5.34. The van der Waals surface area contributed by atoms with Crippen molar-refractivity contribution in [1.29, 1.82) is 0 Å². The Morgan fingerprint density at radius 1 is 1.44 bits per heavy atom. The molecule has 0 aliphatic heterocycles. The Hall–Kier alpha value is -0.790. The molecular formula is C14H20O2. The van der Waals surface area contributed by atoms with E-state index in [2.05, 4.69) is 13.5 Å². The molecule has 2 heteroatoms. The number of esters is 1. The van der Waals surface area contributed by atoms with Gasteiger partial charge in [-0.25, -0.2) is 4.79 Å². The number of rotatable bonds is 2. The van der Waals surface area contributed by atoms with Crippen LogP contribution in [0.5, 0.6) is 0 Å². The summed E-state index contributed by atoms with van der Waals surface area (Å²) in [5.41, 5.74) is 1.01. The van der Waals surface area contributed by atoms with Gasteiger partial charge in [0.15, 0.2) is 0 Å². The zero-order valence-corrected chi connectivity index (χ0v) is 10.2. The van der Waals surface area contributed by atoms with E-state index >= 15 is 0 Å². The molecule has 0 N–H and O–H groups in total. The quantitative estimate of drug-likeness (QED) is 0.528. The predicted molar refractivity (Wildman–Crippen MR) is 61.7 cm³/mol. The molecule has 5 unspecified atom stereocenters. The van der Waals surface area contributed by atoms with Crippen molar-refractivity contribution in [3.05, 3.63) is 12.2 Å². The molecule has 3 aliphatic rings. The summed E-state index contributed by atoms with van der Waals surface area (Å²) < 4.78 is 5.66. The fraction of sp³-hybridized carbons (Fsp3) is 0.786. The van der Waals surface area contributed by atoms with Crippen LogP contribution in [0, 0.1) is 23.2 Å². The Morgan fingerprint density at radius 2 is 2.19 bits per heavy atom. The third kappa shape index (κ3) is 1.16. The summed E-state index contributed by atoms with van der Waals surface area (Å²) >= 11 is 0. The van der Waals surface area contributed by atoms with Crippen LogP contribution in [0.4, 0.5) is 0 Å². The molecule has 0 amide bonds. The van der Waals surface area contributed by atoms with Gasteiger partial charge in [0.1, 0.15) is 6.10 Å². The highest BCUT2D eigenvalue weighted by Crippen LogP contribution is 2.68. The van der Waals surface area contributed by atoms with Crippen molar-refractivity contribution in [2.24, 2.45) is 23.2 Å². The number of carbonyl (C=O) groups excluding carboxylic acids is 1. The highest BCUT2D eigenvalue weighted by Gasteiger charge is 2.64. The van der Waals surface area contributed by atoms with E-state index < -0.39 is 0 Å². The number of hydrogen-bond acceptors (Lipinski definition) is 2. The first kappa shape index (κ1) is 10.4. The minimum atomic E-state index is -0.190. The van der Waals surface area contributed by atoms with Gasteiger partial charge in [-0.05, 0) is 49.9 Å². The Balaban J connectivity index is 1.79. The standard InChI is InChI=1S/C14H20O2/c1-8(2)13(15)16-12-9-6-10-4-5-11(12)14(10,3)7-9/h9-12H,1,4-7H2,2-3H3. The third-order valence-corrected chi connectivity index (χ3v) is 5.35. The molecule has 0 heterocycles. The normalized spacial score (nSPS) is 48.4. The first-order valence-corrected chi connectivity index (χ1v) is 6.39. The van der Waals surface area contributed by atoms with Gasteiger partial charge in [0.05, 0.1) is 0 Å². The molecule has 2 nitrogen and oxygen atoms in total. The van der Waals surface area contributed by atoms with Crippen LogP contribution in [0.1, 0.15) is 39.5 Å². The maximum absolute atomic E-state index is 11.6. The van der Waals surface area contributed by atoms with Gasteiger partial charge < -0.3 is 4.74 Å². The van der Waals surface area contributed by atoms with Gasteiger partial charge >= 0.3 is 5.97 Å². The van der Waals surface area contributed by atoms with Crippen LogP contribution in [-0.4, -0.2) is 12.1 Å². The van der Waals surface area contributed by atoms with Crippen LogP contribution in [0.2, 0.25) is 0 Å². The van der Waals surface area contributed by atoms with Gasteiger partial charge in [-0.1, -0.05) is 13.5 Å². The Bertz CT molecular complexity index is 360. The monoisotopic (exact) mass is 220 g/mol. The first-order chi connectivity index (χ1) is 7.52. The summed E-state index contributed by atoms with van der Waals surface area (Å²) in [6.45, 7) is 7.80. The van der Waals surface area contributed by atoms with Crippen molar-refractivity contribution in [3.63, 3.8) is 0 Å². The van der Waals surface area contributed by atoms with Gasteiger partial charge in [0.2, 0.25) is 0 Å². The van der Waals surface area contributed by atoms with E-state index in [9.17, 15) is 4.79 Å². The predicted octanol–water partition coefficient (Wildman–Crippen LogP) is 2.93. The van der Waals surface area contributed by atoms with Gasteiger partial charge in [-0.15, -0.1) is 0 Å². The second-order valence-corrected chi connectivity index (χ2v) is 6.24. The lowest BCUT2D eigenvalue weighted by molar-refractivity contribution is -0.150. The maximum atomic E-state index is 11.6. The summed E-state index contributed by atoms with van der Waals surface area (Å²) in [7, 11) is 0. The number of fused-ring (bicyclic) bond motifs is 1. The van der Waals surface area contributed by atoms with Crippen LogP contribution in [0.3, 0.4) is 0 Å². The van der Waals surface area contributed by atoms with E-state index in [4.69, 9.17) is 4.74 Å². The molecule has 0 aromatic carbocycles.